The molecule has 0 radical (unpaired) electrons. The third-order valence-electron chi connectivity index (χ3n) is 5.40. The zero-order valence-corrected chi connectivity index (χ0v) is 20.3. The van der Waals surface area contributed by atoms with Gasteiger partial charge in [-0.3, -0.25) is 9.59 Å². The SMILES string of the molecule is CCC(C)c1ccc(C(NC(=O)c2cc(Cl)c(OCC(N)=O)c(OC)c2)c2cccs2)cc1. The van der Waals surface area contributed by atoms with Crippen molar-refractivity contribution in [2.24, 2.45) is 5.73 Å². The molecule has 2 atom stereocenters. The van der Waals surface area contributed by atoms with Crippen LogP contribution >= 0.6 is 22.9 Å². The summed E-state index contributed by atoms with van der Waals surface area (Å²) >= 11 is 7.89. The van der Waals surface area contributed by atoms with Crippen molar-refractivity contribution < 1.29 is 19.1 Å². The molecule has 0 aliphatic heterocycles. The minimum absolute atomic E-state index is 0.145. The molecular weight excluding hydrogens is 460 g/mol. The molecule has 0 saturated heterocycles. The zero-order chi connectivity index (χ0) is 24.0. The number of methoxy groups -OCH3 is 1. The molecular formula is C25H27ClN2O4S. The smallest absolute Gasteiger partial charge is 0.255 e. The lowest BCUT2D eigenvalue weighted by Crippen LogP contribution is -2.29. The van der Waals surface area contributed by atoms with Crippen LogP contribution in [0.5, 0.6) is 11.5 Å². The number of halogens is 1. The molecule has 8 heteroatoms. The number of hydrogen-bond acceptors (Lipinski definition) is 5. The standard InChI is InChI=1S/C25H27ClN2O4S/c1-4-15(2)16-7-9-17(10-8-16)23(21-6-5-11-33-21)28-25(30)18-12-19(26)24(20(13-18)31-3)32-14-22(27)29/h5-13,15,23H,4,14H2,1-3H3,(H2,27,29)(H,28,30). The van der Waals surface area contributed by atoms with Gasteiger partial charge in [-0.05, 0) is 47.0 Å². The van der Waals surface area contributed by atoms with Crippen molar-refractivity contribution in [3.63, 3.8) is 0 Å². The topological polar surface area (TPSA) is 90.6 Å². The van der Waals surface area contributed by atoms with Gasteiger partial charge in [-0.15, -0.1) is 11.3 Å². The third-order valence-corrected chi connectivity index (χ3v) is 6.62. The highest BCUT2D eigenvalue weighted by atomic mass is 35.5. The largest absolute Gasteiger partial charge is 0.493 e. The average Bonchev–Trinajstić information content (AvgIpc) is 3.35. The summed E-state index contributed by atoms with van der Waals surface area (Å²) in [5, 5.41) is 5.23. The molecule has 3 rings (SSSR count). The van der Waals surface area contributed by atoms with Crippen molar-refractivity contribution in [3.05, 3.63) is 80.5 Å². The van der Waals surface area contributed by atoms with Gasteiger partial charge in [-0.2, -0.15) is 0 Å². The molecule has 2 aromatic carbocycles. The van der Waals surface area contributed by atoms with Gasteiger partial charge < -0.3 is 20.5 Å². The summed E-state index contributed by atoms with van der Waals surface area (Å²) in [6.07, 6.45) is 1.06. The summed E-state index contributed by atoms with van der Waals surface area (Å²) < 4.78 is 10.7. The summed E-state index contributed by atoms with van der Waals surface area (Å²) in [7, 11) is 1.43. The first-order valence-electron chi connectivity index (χ1n) is 10.6. The van der Waals surface area contributed by atoms with E-state index in [0.717, 1.165) is 16.9 Å². The number of ether oxygens (including phenoxy) is 2. The second kappa shape index (κ2) is 11.2. The van der Waals surface area contributed by atoms with Crippen molar-refractivity contribution >= 4 is 34.8 Å². The van der Waals surface area contributed by atoms with Crippen molar-refractivity contribution in [2.45, 2.75) is 32.2 Å². The quantitative estimate of drug-likeness (QED) is 0.406. The van der Waals surface area contributed by atoms with Crippen molar-refractivity contribution in [1.29, 1.82) is 0 Å². The Hall–Kier alpha value is -3.03. The van der Waals surface area contributed by atoms with Crippen LogP contribution in [-0.2, 0) is 4.79 Å². The molecule has 3 N–H and O–H groups in total. The van der Waals surface area contributed by atoms with E-state index >= 15 is 0 Å². The number of primary amides is 1. The van der Waals surface area contributed by atoms with E-state index < -0.39 is 5.91 Å². The second-order valence-corrected chi connectivity index (χ2v) is 9.03. The van der Waals surface area contributed by atoms with Gasteiger partial charge in [0, 0.05) is 10.4 Å². The molecule has 0 bridgehead atoms. The summed E-state index contributed by atoms with van der Waals surface area (Å²) in [6.45, 7) is 4.01. The number of thiophene rings is 1. The summed E-state index contributed by atoms with van der Waals surface area (Å²) in [6, 6.07) is 15.0. The van der Waals surface area contributed by atoms with Gasteiger partial charge in [0.1, 0.15) is 0 Å². The number of rotatable bonds is 10. The molecule has 1 aromatic heterocycles. The van der Waals surface area contributed by atoms with Crippen LogP contribution in [-0.4, -0.2) is 25.5 Å². The summed E-state index contributed by atoms with van der Waals surface area (Å²) in [4.78, 5) is 25.3. The monoisotopic (exact) mass is 486 g/mol. The Kier molecular flexibility index (Phi) is 8.36. The minimum atomic E-state index is -0.645. The molecule has 1 heterocycles. The maximum Gasteiger partial charge on any atom is 0.255 e. The fraction of sp³-hybridized carbons (Fsp3) is 0.280. The lowest BCUT2D eigenvalue weighted by molar-refractivity contribution is -0.119. The lowest BCUT2D eigenvalue weighted by atomic mass is 9.95. The van der Waals surface area contributed by atoms with Gasteiger partial charge in [0.05, 0.1) is 18.2 Å². The fourth-order valence-electron chi connectivity index (χ4n) is 3.38. The van der Waals surface area contributed by atoms with Gasteiger partial charge in [0.25, 0.3) is 11.8 Å². The maximum atomic E-state index is 13.2. The van der Waals surface area contributed by atoms with Crippen molar-refractivity contribution in [3.8, 4) is 11.5 Å². The lowest BCUT2D eigenvalue weighted by Gasteiger charge is -2.20. The van der Waals surface area contributed by atoms with E-state index in [1.165, 1.54) is 24.8 Å². The Balaban J connectivity index is 1.89. The number of carbonyl (C=O) groups is 2. The van der Waals surface area contributed by atoms with Crippen LogP contribution in [0, 0.1) is 0 Å². The van der Waals surface area contributed by atoms with Gasteiger partial charge in [-0.25, -0.2) is 0 Å². The molecule has 0 spiro atoms. The van der Waals surface area contributed by atoms with Crippen LogP contribution in [0.15, 0.2) is 53.9 Å². The Morgan fingerprint density at radius 2 is 1.85 bits per heavy atom. The van der Waals surface area contributed by atoms with E-state index in [-0.39, 0.29) is 35.1 Å². The maximum absolute atomic E-state index is 13.2. The van der Waals surface area contributed by atoms with Crippen LogP contribution in [0.3, 0.4) is 0 Å². The fourth-order valence-corrected chi connectivity index (χ4v) is 4.44. The number of amides is 2. The third kappa shape index (κ3) is 6.06. The van der Waals surface area contributed by atoms with Gasteiger partial charge in [0.2, 0.25) is 0 Å². The number of carbonyl (C=O) groups excluding carboxylic acids is 2. The Bertz CT molecular complexity index is 1100. The van der Waals surface area contributed by atoms with Crippen LogP contribution in [0.2, 0.25) is 5.02 Å². The van der Waals surface area contributed by atoms with Crippen molar-refractivity contribution in [2.75, 3.05) is 13.7 Å². The van der Waals surface area contributed by atoms with Crippen molar-refractivity contribution in [1.82, 2.24) is 5.32 Å². The average molecular weight is 487 g/mol. The first kappa shape index (κ1) is 24.6. The van der Waals surface area contributed by atoms with E-state index in [4.69, 9.17) is 26.8 Å². The number of nitrogens with two attached hydrogens (primary N) is 1. The molecule has 2 amide bonds. The van der Waals surface area contributed by atoms with Gasteiger partial charge in [0.15, 0.2) is 18.1 Å². The normalized spacial score (nSPS) is 12.6. The van der Waals surface area contributed by atoms with Gasteiger partial charge >= 0.3 is 0 Å². The number of benzene rings is 2. The zero-order valence-electron chi connectivity index (χ0n) is 18.8. The predicted molar refractivity (Wildman–Crippen MR) is 131 cm³/mol. The highest BCUT2D eigenvalue weighted by Crippen LogP contribution is 2.37. The molecule has 0 aliphatic rings. The van der Waals surface area contributed by atoms with E-state index in [2.05, 4.69) is 43.4 Å². The first-order valence-corrected chi connectivity index (χ1v) is 11.8. The molecule has 6 nitrogen and oxygen atoms in total. The highest BCUT2D eigenvalue weighted by molar-refractivity contribution is 7.10. The van der Waals surface area contributed by atoms with Crippen LogP contribution < -0.4 is 20.5 Å². The van der Waals surface area contributed by atoms with Crippen LogP contribution in [0.25, 0.3) is 0 Å². The molecule has 0 saturated carbocycles. The van der Waals surface area contributed by atoms with E-state index in [9.17, 15) is 9.59 Å². The molecule has 174 valence electrons. The summed E-state index contributed by atoms with van der Waals surface area (Å²) in [5.41, 5.74) is 7.69. The summed E-state index contributed by atoms with van der Waals surface area (Å²) in [5.74, 6) is -0.0997. The first-order chi connectivity index (χ1) is 15.8. The highest BCUT2D eigenvalue weighted by Gasteiger charge is 2.22. The molecule has 2 unspecified atom stereocenters. The van der Waals surface area contributed by atoms with Gasteiger partial charge in [-0.1, -0.05) is 55.8 Å². The Morgan fingerprint density at radius 3 is 2.42 bits per heavy atom. The Labute approximate surface area is 202 Å². The van der Waals surface area contributed by atoms with E-state index in [1.54, 1.807) is 11.3 Å². The predicted octanol–water partition coefficient (Wildman–Crippen LogP) is 5.31. The van der Waals surface area contributed by atoms with Crippen LogP contribution in [0.4, 0.5) is 0 Å². The molecule has 3 aromatic rings. The van der Waals surface area contributed by atoms with E-state index in [0.29, 0.717) is 11.5 Å². The Morgan fingerprint density at radius 1 is 1.15 bits per heavy atom. The molecule has 0 aliphatic carbocycles. The molecule has 33 heavy (non-hydrogen) atoms. The number of nitrogens with one attached hydrogen (secondary N) is 1. The van der Waals surface area contributed by atoms with E-state index in [1.807, 2.05) is 17.5 Å². The minimum Gasteiger partial charge on any atom is -0.493 e. The second-order valence-electron chi connectivity index (χ2n) is 7.64. The van der Waals surface area contributed by atoms with Crippen LogP contribution in [0.1, 0.15) is 58.6 Å². The number of hydrogen-bond donors (Lipinski definition) is 2. The molecule has 0 fully saturated rings.